The quantitative estimate of drug-likeness (QED) is 0.890. The number of benzene rings is 1. The van der Waals surface area contributed by atoms with Crippen molar-refractivity contribution >= 4 is 5.69 Å². The zero-order valence-corrected chi connectivity index (χ0v) is 12.2. The first-order valence-corrected chi connectivity index (χ1v) is 6.83. The summed E-state index contributed by atoms with van der Waals surface area (Å²) in [4.78, 5) is 4.56. The van der Waals surface area contributed by atoms with Gasteiger partial charge in [-0.25, -0.2) is 4.39 Å². The van der Waals surface area contributed by atoms with Crippen LogP contribution in [0.25, 0.3) is 0 Å². The smallest absolute Gasteiger partial charge is 0.126 e. The van der Waals surface area contributed by atoms with E-state index in [2.05, 4.69) is 23.8 Å². The molecule has 1 aliphatic heterocycles. The second-order valence-corrected chi connectivity index (χ2v) is 5.61. The van der Waals surface area contributed by atoms with Crippen LogP contribution in [-0.2, 0) is 0 Å². The molecule has 1 aromatic rings. The molecule has 3 nitrogen and oxygen atoms in total. The first kappa shape index (κ1) is 14.3. The lowest BCUT2D eigenvalue weighted by Gasteiger charge is -2.40. The number of aliphatic hydroxyl groups excluding tert-OH is 1. The maximum absolute atomic E-state index is 13.7. The first-order valence-electron chi connectivity index (χ1n) is 6.83. The van der Waals surface area contributed by atoms with Crippen LogP contribution in [0.2, 0.25) is 0 Å². The van der Waals surface area contributed by atoms with Crippen LogP contribution < -0.4 is 4.90 Å². The van der Waals surface area contributed by atoms with Crippen LogP contribution in [0.4, 0.5) is 10.1 Å². The Morgan fingerprint density at radius 1 is 1.37 bits per heavy atom. The van der Waals surface area contributed by atoms with Crippen molar-refractivity contribution in [1.29, 1.82) is 0 Å². The second-order valence-electron chi connectivity index (χ2n) is 5.61. The van der Waals surface area contributed by atoms with Crippen molar-refractivity contribution < 1.29 is 9.50 Å². The van der Waals surface area contributed by atoms with E-state index in [-0.39, 0.29) is 5.82 Å². The van der Waals surface area contributed by atoms with Gasteiger partial charge in [0.05, 0.1) is 6.10 Å². The van der Waals surface area contributed by atoms with E-state index in [1.165, 1.54) is 6.07 Å². The van der Waals surface area contributed by atoms with Crippen molar-refractivity contribution in [3.05, 3.63) is 29.1 Å². The molecule has 1 fully saturated rings. The van der Waals surface area contributed by atoms with Crippen LogP contribution in [-0.4, -0.2) is 42.7 Å². The highest BCUT2D eigenvalue weighted by molar-refractivity contribution is 5.57. The van der Waals surface area contributed by atoms with Crippen molar-refractivity contribution in [3.63, 3.8) is 0 Å². The van der Waals surface area contributed by atoms with Crippen LogP contribution in [0, 0.1) is 12.7 Å². The zero-order valence-electron chi connectivity index (χ0n) is 12.2. The monoisotopic (exact) mass is 266 g/mol. The number of rotatable bonds is 2. The van der Waals surface area contributed by atoms with Crippen LogP contribution >= 0.6 is 0 Å². The Balaban J connectivity index is 2.35. The number of aryl methyl sites for hydroxylation is 1. The fraction of sp³-hybridized carbons (Fsp3) is 0.600. The van der Waals surface area contributed by atoms with Crippen molar-refractivity contribution in [2.45, 2.75) is 32.9 Å². The predicted molar refractivity (Wildman–Crippen MR) is 76.1 cm³/mol. The number of anilines is 1. The Morgan fingerprint density at radius 2 is 2.05 bits per heavy atom. The van der Waals surface area contributed by atoms with Gasteiger partial charge in [-0.3, -0.25) is 0 Å². The molecule has 2 atom stereocenters. The molecule has 0 bridgehead atoms. The summed E-state index contributed by atoms with van der Waals surface area (Å²) in [6, 6.07) is 3.79. The molecule has 0 aromatic heterocycles. The number of hydrogen-bond donors (Lipinski definition) is 1. The molecular formula is C15H23FN2O. The molecule has 1 aromatic carbocycles. The Bertz CT molecular complexity index is 462. The number of aliphatic hydroxyl groups is 1. The van der Waals surface area contributed by atoms with Crippen molar-refractivity contribution in [3.8, 4) is 0 Å². The van der Waals surface area contributed by atoms with Crippen molar-refractivity contribution in [2.24, 2.45) is 0 Å². The number of piperazine rings is 1. The van der Waals surface area contributed by atoms with E-state index in [1.807, 2.05) is 6.07 Å². The summed E-state index contributed by atoms with van der Waals surface area (Å²) in [5, 5.41) is 9.86. The second kappa shape index (κ2) is 5.47. The average Bonchev–Trinajstić information content (AvgIpc) is 2.35. The van der Waals surface area contributed by atoms with Crippen LogP contribution in [0.15, 0.2) is 12.1 Å². The van der Waals surface area contributed by atoms with E-state index in [4.69, 9.17) is 0 Å². The highest BCUT2D eigenvalue weighted by Gasteiger charge is 2.24. The molecule has 2 unspecified atom stereocenters. The molecule has 106 valence electrons. The summed E-state index contributed by atoms with van der Waals surface area (Å²) in [6.07, 6.45) is -0.653. The SMILES string of the molecule is Cc1cc(N2CCN(C)C(C)C2)c(C(C)O)cc1F. The highest BCUT2D eigenvalue weighted by Crippen LogP contribution is 2.30. The van der Waals surface area contributed by atoms with Gasteiger partial charge in [-0.05, 0) is 45.5 Å². The number of hydrogen-bond acceptors (Lipinski definition) is 3. The first-order chi connectivity index (χ1) is 8.90. The maximum Gasteiger partial charge on any atom is 0.126 e. The highest BCUT2D eigenvalue weighted by atomic mass is 19.1. The average molecular weight is 266 g/mol. The molecule has 0 amide bonds. The van der Waals surface area contributed by atoms with Crippen molar-refractivity contribution in [1.82, 2.24) is 4.90 Å². The Morgan fingerprint density at radius 3 is 2.63 bits per heavy atom. The molecule has 1 aliphatic rings. The lowest BCUT2D eigenvalue weighted by Crippen LogP contribution is -2.50. The summed E-state index contributed by atoms with van der Waals surface area (Å²) in [6.45, 7) is 8.44. The van der Waals surface area contributed by atoms with E-state index in [9.17, 15) is 9.50 Å². The number of likely N-dealkylation sites (N-methyl/N-ethyl adjacent to an activating group) is 1. The lowest BCUT2D eigenvalue weighted by molar-refractivity contribution is 0.197. The molecule has 1 heterocycles. The summed E-state index contributed by atoms with van der Waals surface area (Å²) < 4.78 is 13.7. The molecular weight excluding hydrogens is 243 g/mol. The van der Waals surface area contributed by atoms with Crippen LogP contribution in [0.5, 0.6) is 0 Å². The third kappa shape index (κ3) is 2.90. The van der Waals surface area contributed by atoms with E-state index in [0.29, 0.717) is 17.2 Å². The maximum atomic E-state index is 13.7. The Hall–Kier alpha value is -1.13. The topological polar surface area (TPSA) is 26.7 Å². The number of halogens is 1. The molecule has 0 radical (unpaired) electrons. The standard InChI is InChI=1S/C15H23FN2O/c1-10-7-15(13(12(3)19)8-14(10)16)18-6-5-17(4)11(2)9-18/h7-8,11-12,19H,5-6,9H2,1-4H3. The largest absolute Gasteiger partial charge is 0.389 e. The Labute approximate surface area is 114 Å². The molecule has 2 rings (SSSR count). The van der Waals surface area contributed by atoms with Gasteiger partial charge in [0.1, 0.15) is 5.82 Å². The summed E-state index contributed by atoms with van der Waals surface area (Å²) >= 11 is 0. The Kier molecular flexibility index (Phi) is 4.11. The van der Waals surface area contributed by atoms with Crippen LogP contribution in [0.3, 0.4) is 0 Å². The third-order valence-electron chi connectivity index (χ3n) is 4.06. The van der Waals surface area contributed by atoms with E-state index < -0.39 is 6.10 Å². The van der Waals surface area contributed by atoms with Gasteiger partial charge in [0.25, 0.3) is 0 Å². The normalized spacial score (nSPS) is 22.6. The molecule has 4 heteroatoms. The predicted octanol–water partition coefficient (Wildman–Crippen LogP) is 2.33. The van der Waals surface area contributed by atoms with Gasteiger partial charge in [0.15, 0.2) is 0 Å². The van der Waals surface area contributed by atoms with Gasteiger partial charge in [-0.2, -0.15) is 0 Å². The minimum absolute atomic E-state index is 0.248. The summed E-state index contributed by atoms with van der Waals surface area (Å²) in [5.41, 5.74) is 2.28. The molecule has 0 saturated carbocycles. The molecule has 19 heavy (non-hydrogen) atoms. The van der Waals surface area contributed by atoms with Gasteiger partial charge in [0, 0.05) is 36.9 Å². The fourth-order valence-electron chi connectivity index (χ4n) is 2.56. The lowest BCUT2D eigenvalue weighted by atomic mass is 10.0. The van der Waals surface area contributed by atoms with Gasteiger partial charge in [-0.15, -0.1) is 0 Å². The molecule has 0 spiro atoms. The van der Waals surface area contributed by atoms with Gasteiger partial charge >= 0.3 is 0 Å². The van der Waals surface area contributed by atoms with E-state index in [0.717, 1.165) is 25.3 Å². The van der Waals surface area contributed by atoms with Gasteiger partial charge < -0.3 is 14.9 Å². The summed E-state index contributed by atoms with van der Waals surface area (Å²) in [7, 11) is 2.12. The van der Waals surface area contributed by atoms with Crippen molar-refractivity contribution in [2.75, 3.05) is 31.6 Å². The van der Waals surface area contributed by atoms with Gasteiger partial charge in [-0.1, -0.05) is 0 Å². The molecule has 1 N–H and O–H groups in total. The third-order valence-corrected chi connectivity index (χ3v) is 4.06. The van der Waals surface area contributed by atoms with E-state index in [1.54, 1.807) is 13.8 Å². The number of nitrogens with zero attached hydrogens (tertiary/aromatic N) is 2. The molecule has 0 aliphatic carbocycles. The minimum Gasteiger partial charge on any atom is -0.389 e. The van der Waals surface area contributed by atoms with Gasteiger partial charge in [0.2, 0.25) is 0 Å². The van der Waals surface area contributed by atoms with E-state index >= 15 is 0 Å². The minimum atomic E-state index is -0.653. The van der Waals surface area contributed by atoms with Crippen LogP contribution in [0.1, 0.15) is 31.1 Å². The zero-order chi connectivity index (χ0) is 14.2. The fourth-order valence-corrected chi connectivity index (χ4v) is 2.56. The summed E-state index contributed by atoms with van der Waals surface area (Å²) in [5.74, 6) is -0.248. The molecule has 1 saturated heterocycles.